The molecule has 1 fully saturated rings. The quantitative estimate of drug-likeness (QED) is 0.614. The summed E-state index contributed by atoms with van der Waals surface area (Å²) < 4.78 is 0. The largest absolute Gasteiger partial charge is 0.396 e. The van der Waals surface area contributed by atoms with Crippen molar-refractivity contribution in [1.82, 2.24) is 0 Å². The molecule has 80 valence electrons. The summed E-state index contributed by atoms with van der Waals surface area (Å²) in [5, 5.41) is 8.68. The molecule has 0 aromatic heterocycles. The van der Waals surface area contributed by atoms with Crippen LogP contribution in [0, 0.1) is 5.92 Å². The van der Waals surface area contributed by atoms with E-state index in [-0.39, 0.29) is 12.4 Å². The molecular formula is C12H14O2S. The molecule has 15 heavy (non-hydrogen) atoms. The summed E-state index contributed by atoms with van der Waals surface area (Å²) in [6.45, 7) is 0.188. The molecule has 0 aliphatic heterocycles. The highest BCUT2D eigenvalue weighted by Gasteiger charge is 2.30. The van der Waals surface area contributed by atoms with Crippen molar-refractivity contribution in [1.29, 1.82) is 0 Å². The SMILES string of the molecule is O=C(c1ccc(SCCO)cc1)C1CC1. The standard InChI is InChI=1S/C12H14O2S/c13-7-8-15-11-5-3-10(4-6-11)12(14)9-1-2-9/h3-6,9,13H,1-2,7-8H2. The third-order valence-electron chi connectivity index (χ3n) is 2.45. The number of benzene rings is 1. The minimum atomic E-state index is 0.188. The Hall–Kier alpha value is -0.800. The van der Waals surface area contributed by atoms with Crippen LogP contribution in [0.2, 0.25) is 0 Å². The summed E-state index contributed by atoms with van der Waals surface area (Å²) in [6, 6.07) is 7.69. The Morgan fingerprint density at radius 3 is 2.53 bits per heavy atom. The summed E-state index contributed by atoms with van der Waals surface area (Å²) >= 11 is 1.60. The van der Waals surface area contributed by atoms with Gasteiger partial charge < -0.3 is 5.11 Å². The van der Waals surface area contributed by atoms with Crippen LogP contribution in [0.15, 0.2) is 29.2 Å². The molecule has 3 heteroatoms. The number of hydrogen-bond acceptors (Lipinski definition) is 3. The van der Waals surface area contributed by atoms with Crippen LogP contribution in [0.5, 0.6) is 0 Å². The molecule has 2 nitrogen and oxygen atoms in total. The zero-order valence-electron chi connectivity index (χ0n) is 8.48. The van der Waals surface area contributed by atoms with E-state index in [0.717, 1.165) is 23.3 Å². The Balaban J connectivity index is 1.99. The van der Waals surface area contributed by atoms with Gasteiger partial charge in [0.25, 0.3) is 0 Å². The number of thioether (sulfide) groups is 1. The Labute approximate surface area is 93.7 Å². The summed E-state index contributed by atoms with van der Waals surface area (Å²) in [5.74, 6) is 1.28. The first kappa shape index (κ1) is 10.7. The Morgan fingerprint density at radius 1 is 1.33 bits per heavy atom. The first-order chi connectivity index (χ1) is 7.31. The summed E-state index contributed by atoms with van der Waals surface area (Å²) in [5.41, 5.74) is 0.825. The fraction of sp³-hybridized carbons (Fsp3) is 0.417. The number of carbonyl (C=O) groups is 1. The molecule has 2 rings (SSSR count). The predicted molar refractivity (Wildman–Crippen MR) is 61.3 cm³/mol. The van der Waals surface area contributed by atoms with E-state index in [9.17, 15) is 4.79 Å². The van der Waals surface area contributed by atoms with Crippen LogP contribution in [0.4, 0.5) is 0 Å². The minimum absolute atomic E-state index is 0.188. The van der Waals surface area contributed by atoms with Gasteiger partial charge in [0.2, 0.25) is 0 Å². The number of Topliss-reactive ketones (excluding diaryl/α,β-unsaturated/α-hetero) is 1. The fourth-order valence-electron chi connectivity index (χ4n) is 1.46. The van der Waals surface area contributed by atoms with Gasteiger partial charge in [0.05, 0.1) is 6.61 Å². The normalized spacial score (nSPS) is 15.3. The third kappa shape index (κ3) is 2.83. The van der Waals surface area contributed by atoms with E-state index in [0.29, 0.717) is 11.7 Å². The highest BCUT2D eigenvalue weighted by molar-refractivity contribution is 7.99. The van der Waals surface area contributed by atoms with Crippen LogP contribution in [0.1, 0.15) is 23.2 Å². The zero-order valence-corrected chi connectivity index (χ0v) is 9.30. The number of rotatable bonds is 5. The molecule has 1 aliphatic rings. The van der Waals surface area contributed by atoms with Crippen LogP contribution in [-0.2, 0) is 0 Å². The van der Waals surface area contributed by atoms with Crippen LogP contribution in [0.25, 0.3) is 0 Å². The number of carbonyl (C=O) groups excluding carboxylic acids is 1. The molecule has 0 heterocycles. The van der Waals surface area contributed by atoms with E-state index in [1.807, 2.05) is 24.3 Å². The van der Waals surface area contributed by atoms with Crippen molar-refractivity contribution in [3.63, 3.8) is 0 Å². The monoisotopic (exact) mass is 222 g/mol. The molecule has 1 aromatic carbocycles. The van der Waals surface area contributed by atoms with Gasteiger partial charge in [0, 0.05) is 22.1 Å². The molecule has 1 N–H and O–H groups in total. The van der Waals surface area contributed by atoms with Gasteiger partial charge in [-0.25, -0.2) is 0 Å². The molecular weight excluding hydrogens is 208 g/mol. The first-order valence-electron chi connectivity index (χ1n) is 5.19. The van der Waals surface area contributed by atoms with Crippen molar-refractivity contribution < 1.29 is 9.90 Å². The van der Waals surface area contributed by atoms with Gasteiger partial charge >= 0.3 is 0 Å². The van der Waals surface area contributed by atoms with Gasteiger partial charge in [-0.1, -0.05) is 12.1 Å². The molecule has 0 radical (unpaired) electrons. The lowest BCUT2D eigenvalue weighted by Crippen LogP contribution is -2.00. The smallest absolute Gasteiger partial charge is 0.165 e. The lowest BCUT2D eigenvalue weighted by molar-refractivity contribution is 0.0967. The van der Waals surface area contributed by atoms with Crippen LogP contribution in [-0.4, -0.2) is 23.2 Å². The molecule has 1 saturated carbocycles. The van der Waals surface area contributed by atoms with E-state index < -0.39 is 0 Å². The van der Waals surface area contributed by atoms with E-state index in [2.05, 4.69) is 0 Å². The van der Waals surface area contributed by atoms with Crippen molar-refractivity contribution in [3.05, 3.63) is 29.8 Å². The van der Waals surface area contributed by atoms with Crippen molar-refractivity contribution in [2.24, 2.45) is 5.92 Å². The average Bonchev–Trinajstić information content (AvgIpc) is 3.10. The van der Waals surface area contributed by atoms with Crippen LogP contribution < -0.4 is 0 Å². The van der Waals surface area contributed by atoms with E-state index in [1.165, 1.54) is 0 Å². The number of ketones is 1. The highest BCUT2D eigenvalue weighted by atomic mass is 32.2. The fourth-order valence-corrected chi connectivity index (χ4v) is 2.12. The predicted octanol–water partition coefficient (Wildman–Crippen LogP) is 2.36. The maximum absolute atomic E-state index is 11.7. The zero-order chi connectivity index (χ0) is 10.7. The Morgan fingerprint density at radius 2 is 2.00 bits per heavy atom. The van der Waals surface area contributed by atoms with Crippen molar-refractivity contribution in [2.45, 2.75) is 17.7 Å². The Kier molecular flexibility index (Phi) is 3.44. The van der Waals surface area contributed by atoms with E-state index in [4.69, 9.17) is 5.11 Å². The number of aliphatic hydroxyl groups excluding tert-OH is 1. The van der Waals surface area contributed by atoms with Gasteiger partial charge in [-0.15, -0.1) is 11.8 Å². The van der Waals surface area contributed by atoms with Gasteiger partial charge in [0.1, 0.15) is 0 Å². The second-order valence-corrected chi connectivity index (χ2v) is 4.90. The van der Waals surface area contributed by atoms with Crippen molar-refractivity contribution in [3.8, 4) is 0 Å². The van der Waals surface area contributed by atoms with E-state index in [1.54, 1.807) is 11.8 Å². The molecule has 0 amide bonds. The van der Waals surface area contributed by atoms with Gasteiger partial charge in [-0.3, -0.25) is 4.79 Å². The third-order valence-corrected chi connectivity index (χ3v) is 3.44. The minimum Gasteiger partial charge on any atom is -0.396 e. The molecule has 0 bridgehead atoms. The molecule has 0 atom stereocenters. The molecule has 1 aromatic rings. The molecule has 1 aliphatic carbocycles. The Bertz CT molecular complexity index is 341. The first-order valence-corrected chi connectivity index (χ1v) is 6.18. The molecule has 0 saturated heterocycles. The summed E-state index contributed by atoms with van der Waals surface area (Å²) in [4.78, 5) is 12.8. The highest BCUT2D eigenvalue weighted by Crippen LogP contribution is 2.32. The molecule has 0 spiro atoms. The van der Waals surface area contributed by atoms with Crippen molar-refractivity contribution in [2.75, 3.05) is 12.4 Å². The second kappa shape index (κ2) is 4.81. The van der Waals surface area contributed by atoms with Crippen LogP contribution >= 0.6 is 11.8 Å². The van der Waals surface area contributed by atoms with E-state index >= 15 is 0 Å². The lowest BCUT2D eigenvalue weighted by atomic mass is 10.1. The summed E-state index contributed by atoms with van der Waals surface area (Å²) in [6.07, 6.45) is 2.11. The topological polar surface area (TPSA) is 37.3 Å². The maximum atomic E-state index is 11.7. The number of hydrogen-bond donors (Lipinski definition) is 1. The van der Waals surface area contributed by atoms with Crippen LogP contribution in [0.3, 0.4) is 0 Å². The second-order valence-electron chi connectivity index (χ2n) is 3.73. The van der Waals surface area contributed by atoms with Gasteiger partial charge in [-0.05, 0) is 25.0 Å². The van der Waals surface area contributed by atoms with Gasteiger partial charge in [0.15, 0.2) is 5.78 Å². The number of aliphatic hydroxyl groups is 1. The maximum Gasteiger partial charge on any atom is 0.165 e. The average molecular weight is 222 g/mol. The van der Waals surface area contributed by atoms with Gasteiger partial charge in [-0.2, -0.15) is 0 Å². The summed E-state index contributed by atoms with van der Waals surface area (Å²) in [7, 11) is 0. The lowest BCUT2D eigenvalue weighted by Gasteiger charge is -2.01. The van der Waals surface area contributed by atoms with Crippen molar-refractivity contribution >= 4 is 17.5 Å². The molecule has 0 unspecified atom stereocenters.